The first-order chi connectivity index (χ1) is 8.66. The van der Waals surface area contributed by atoms with E-state index in [1.165, 1.54) is 25.7 Å². The Kier molecular flexibility index (Phi) is 4.80. The Hall–Kier alpha value is -0.840. The molecule has 1 aliphatic carbocycles. The van der Waals surface area contributed by atoms with Crippen molar-refractivity contribution in [3.8, 4) is 0 Å². The van der Waals surface area contributed by atoms with Crippen LogP contribution in [-0.2, 0) is 11.3 Å². The largest absolute Gasteiger partial charge is 0.352 e. The fourth-order valence-corrected chi connectivity index (χ4v) is 2.71. The fourth-order valence-electron chi connectivity index (χ4n) is 2.42. The van der Waals surface area contributed by atoms with E-state index >= 15 is 0 Å². The van der Waals surface area contributed by atoms with Crippen LogP contribution in [0, 0.1) is 6.92 Å². The molecule has 18 heavy (non-hydrogen) atoms. The van der Waals surface area contributed by atoms with E-state index in [-0.39, 0.29) is 5.91 Å². The highest BCUT2D eigenvalue weighted by molar-refractivity contribution is 9.10. The Labute approximate surface area is 116 Å². The Bertz CT molecular complexity index is 408. The summed E-state index contributed by atoms with van der Waals surface area (Å²) in [6, 6.07) is 0.360. The summed E-state index contributed by atoms with van der Waals surface area (Å²) in [6.07, 6.45) is 9.04. The monoisotopic (exact) mass is 313 g/mol. The molecule has 1 heterocycles. The van der Waals surface area contributed by atoms with Crippen molar-refractivity contribution in [1.29, 1.82) is 0 Å². The molecule has 0 saturated heterocycles. The van der Waals surface area contributed by atoms with Gasteiger partial charge in [-0.25, -0.2) is 0 Å². The smallest absolute Gasteiger partial charge is 0.241 e. The third-order valence-corrected chi connectivity index (χ3v) is 4.34. The van der Waals surface area contributed by atoms with Crippen LogP contribution < -0.4 is 5.32 Å². The zero-order chi connectivity index (χ0) is 13.0. The zero-order valence-electron chi connectivity index (χ0n) is 10.8. The van der Waals surface area contributed by atoms with Gasteiger partial charge in [-0.1, -0.05) is 25.7 Å². The van der Waals surface area contributed by atoms with E-state index < -0.39 is 0 Å². The van der Waals surface area contributed by atoms with Crippen LogP contribution in [0.2, 0.25) is 0 Å². The summed E-state index contributed by atoms with van der Waals surface area (Å²) in [7, 11) is 0. The second kappa shape index (κ2) is 6.36. The second-order valence-electron chi connectivity index (χ2n) is 4.99. The normalized spacial score (nSPS) is 17.4. The number of aromatic nitrogens is 2. The Morgan fingerprint density at radius 3 is 2.67 bits per heavy atom. The van der Waals surface area contributed by atoms with Crippen molar-refractivity contribution >= 4 is 21.8 Å². The van der Waals surface area contributed by atoms with Gasteiger partial charge in [0, 0.05) is 6.04 Å². The molecule has 0 atom stereocenters. The van der Waals surface area contributed by atoms with Crippen molar-refractivity contribution in [3.05, 3.63) is 16.4 Å². The number of amides is 1. The van der Waals surface area contributed by atoms with Gasteiger partial charge >= 0.3 is 0 Å². The number of rotatable bonds is 3. The molecule has 0 aliphatic heterocycles. The minimum absolute atomic E-state index is 0.0700. The van der Waals surface area contributed by atoms with Crippen LogP contribution in [0.1, 0.15) is 44.2 Å². The molecular formula is C13H20BrN3O. The minimum atomic E-state index is 0.0700. The SMILES string of the molecule is Cc1c(Br)cnn1CC(=O)NC1CCCCCC1. The van der Waals surface area contributed by atoms with Crippen LogP contribution in [0.5, 0.6) is 0 Å². The molecule has 1 amide bonds. The van der Waals surface area contributed by atoms with Crippen molar-refractivity contribution in [3.63, 3.8) is 0 Å². The third-order valence-electron chi connectivity index (χ3n) is 3.56. The highest BCUT2D eigenvalue weighted by Gasteiger charge is 2.15. The molecule has 2 rings (SSSR count). The molecule has 0 unspecified atom stereocenters. The van der Waals surface area contributed by atoms with Gasteiger partial charge in [-0.3, -0.25) is 9.48 Å². The lowest BCUT2D eigenvalue weighted by Crippen LogP contribution is -2.37. The van der Waals surface area contributed by atoms with E-state index in [1.807, 2.05) is 6.92 Å². The van der Waals surface area contributed by atoms with Gasteiger partial charge < -0.3 is 5.32 Å². The van der Waals surface area contributed by atoms with E-state index in [0.717, 1.165) is 23.0 Å². The molecule has 0 spiro atoms. The van der Waals surface area contributed by atoms with Crippen LogP contribution >= 0.6 is 15.9 Å². The summed E-state index contributed by atoms with van der Waals surface area (Å²) in [5.74, 6) is 0.0700. The van der Waals surface area contributed by atoms with Gasteiger partial charge in [0.1, 0.15) is 6.54 Å². The quantitative estimate of drug-likeness (QED) is 0.872. The Morgan fingerprint density at radius 2 is 2.11 bits per heavy atom. The van der Waals surface area contributed by atoms with E-state index in [4.69, 9.17) is 0 Å². The van der Waals surface area contributed by atoms with Gasteiger partial charge in [0.15, 0.2) is 0 Å². The number of carbonyl (C=O) groups is 1. The molecule has 100 valence electrons. The fraction of sp³-hybridized carbons (Fsp3) is 0.692. The maximum absolute atomic E-state index is 12.0. The van der Waals surface area contributed by atoms with Gasteiger partial charge in [0.05, 0.1) is 16.4 Å². The molecule has 1 aromatic heterocycles. The van der Waals surface area contributed by atoms with Crippen molar-refractivity contribution in [2.75, 3.05) is 0 Å². The van der Waals surface area contributed by atoms with E-state index in [0.29, 0.717) is 12.6 Å². The van der Waals surface area contributed by atoms with Gasteiger partial charge in [-0.15, -0.1) is 0 Å². The molecular weight excluding hydrogens is 294 g/mol. The highest BCUT2D eigenvalue weighted by atomic mass is 79.9. The number of nitrogens with zero attached hydrogens (tertiary/aromatic N) is 2. The maximum atomic E-state index is 12.0. The highest BCUT2D eigenvalue weighted by Crippen LogP contribution is 2.17. The van der Waals surface area contributed by atoms with Crippen molar-refractivity contribution < 1.29 is 4.79 Å². The summed E-state index contributed by atoms with van der Waals surface area (Å²) >= 11 is 3.40. The van der Waals surface area contributed by atoms with Gasteiger partial charge in [0.2, 0.25) is 5.91 Å². The second-order valence-corrected chi connectivity index (χ2v) is 5.85. The number of hydrogen-bond acceptors (Lipinski definition) is 2. The molecule has 0 aromatic carbocycles. The third kappa shape index (κ3) is 3.57. The first kappa shape index (κ1) is 13.6. The maximum Gasteiger partial charge on any atom is 0.241 e. The lowest BCUT2D eigenvalue weighted by atomic mass is 10.1. The first-order valence-electron chi connectivity index (χ1n) is 6.64. The van der Waals surface area contributed by atoms with Crippen molar-refractivity contribution in [2.45, 2.75) is 58.0 Å². The summed E-state index contributed by atoms with van der Waals surface area (Å²) in [4.78, 5) is 12.0. The molecule has 0 bridgehead atoms. The Balaban J connectivity index is 1.86. The summed E-state index contributed by atoms with van der Waals surface area (Å²) in [6.45, 7) is 2.27. The van der Waals surface area contributed by atoms with Gasteiger partial charge in [-0.05, 0) is 35.7 Å². The average Bonchev–Trinajstić information content (AvgIpc) is 2.60. The standard InChI is InChI=1S/C13H20BrN3O/c1-10-12(14)8-15-17(10)9-13(18)16-11-6-4-2-3-5-7-11/h8,11H,2-7,9H2,1H3,(H,16,18). The van der Waals surface area contributed by atoms with Crippen LogP contribution in [0.25, 0.3) is 0 Å². The van der Waals surface area contributed by atoms with Gasteiger partial charge in [-0.2, -0.15) is 5.10 Å². The van der Waals surface area contributed by atoms with Crippen LogP contribution in [-0.4, -0.2) is 21.7 Å². The van der Waals surface area contributed by atoms with Crippen molar-refractivity contribution in [2.24, 2.45) is 0 Å². The molecule has 1 N–H and O–H groups in total. The van der Waals surface area contributed by atoms with Crippen LogP contribution in [0.4, 0.5) is 0 Å². The summed E-state index contributed by atoms with van der Waals surface area (Å²) < 4.78 is 2.68. The predicted molar refractivity (Wildman–Crippen MR) is 74.3 cm³/mol. The molecule has 5 heteroatoms. The molecule has 1 fully saturated rings. The Morgan fingerprint density at radius 1 is 1.44 bits per heavy atom. The van der Waals surface area contributed by atoms with E-state index in [9.17, 15) is 4.79 Å². The average molecular weight is 314 g/mol. The first-order valence-corrected chi connectivity index (χ1v) is 7.43. The summed E-state index contributed by atoms with van der Waals surface area (Å²) in [5.41, 5.74) is 0.992. The molecule has 1 aliphatic rings. The number of halogens is 1. The zero-order valence-corrected chi connectivity index (χ0v) is 12.4. The molecule has 1 aromatic rings. The minimum Gasteiger partial charge on any atom is -0.352 e. The molecule has 1 saturated carbocycles. The summed E-state index contributed by atoms with van der Waals surface area (Å²) in [5, 5.41) is 7.30. The van der Waals surface area contributed by atoms with Crippen LogP contribution in [0.15, 0.2) is 10.7 Å². The molecule has 4 nitrogen and oxygen atoms in total. The lowest BCUT2D eigenvalue weighted by Gasteiger charge is -2.16. The van der Waals surface area contributed by atoms with E-state index in [1.54, 1.807) is 10.9 Å². The predicted octanol–water partition coefficient (Wildman–Crippen LogP) is 2.79. The van der Waals surface area contributed by atoms with Crippen molar-refractivity contribution in [1.82, 2.24) is 15.1 Å². The number of nitrogens with one attached hydrogen (secondary N) is 1. The number of hydrogen-bond donors (Lipinski definition) is 1. The van der Waals surface area contributed by atoms with Gasteiger partial charge in [0.25, 0.3) is 0 Å². The van der Waals surface area contributed by atoms with E-state index in [2.05, 4.69) is 26.3 Å². The lowest BCUT2D eigenvalue weighted by molar-refractivity contribution is -0.122. The topological polar surface area (TPSA) is 46.9 Å². The number of carbonyl (C=O) groups excluding carboxylic acids is 1. The molecule has 0 radical (unpaired) electrons. The van der Waals surface area contributed by atoms with Crippen LogP contribution in [0.3, 0.4) is 0 Å².